The van der Waals surface area contributed by atoms with Crippen molar-refractivity contribution in [3.63, 3.8) is 0 Å². The molecule has 1 unspecified atom stereocenters. The second kappa shape index (κ2) is 7.82. The average molecular weight is 305 g/mol. The summed E-state index contributed by atoms with van der Waals surface area (Å²) in [7, 11) is 0. The molecule has 0 saturated carbocycles. The molecule has 0 aliphatic carbocycles. The molecule has 0 aromatic heterocycles. The van der Waals surface area contributed by atoms with Gasteiger partial charge in [0.15, 0.2) is 0 Å². The predicted molar refractivity (Wildman–Crippen MR) is 83.2 cm³/mol. The first kappa shape index (κ1) is 16.3. The van der Waals surface area contributed by atoms with Crippen LogP contribution in [0.1, 0.15) is 49.4 Å². The average Bonchev–Trinajstić information content (AvgIpc) is 3.01. The zero-order valence-electron chi connectivity index (χ0n) is 13.0. The molecule has 1 atom stereocenters. The maximum Gasteiger partial charge on any atom is 0.326 e. The molecule has 1 aliphatic rings. The third-order valence-corrected chi connectivity index (χ3v) is 3.92. The smallest absolute Gasteiger partial charge is 0.326 e. The summed E-state index contributed by atoms with van der Waals surface area (Å²) in [6, 6.07) is 6.25. The summed E-state index contributed by atoms with van der Waals surface area (Å²) in [5, 5.41) is 9.15. The van der Waals surface area contributed by atoms with Gasteiger partial charge in [-0.25, -0.2) is 4.79 Å². The van der Waals surface area contributed by atoms with Gasteiger partial charge in [0.2, 0.25) is 0 Å². The van der Waals surface area contributed by atoms with Gasteiger partial charge in [0.25, 0.3) is 5.91 Å². The maximum absolute atomic E-state index is 12.4. The third kappa shape index (κ3) is 4.00. The number of rotatable bonds is 7. The molecule has 120 valence electrons. The number of likely N-dealkylation sites (tertiary alicyclic amines) is 1. The quantitative estimate of drug-likeness (QED) is 0.787. The van der Waals surface area contributed by atoms with Gasteiger partial charge in [-0.15, -0.1) is 0 Å². The van der Waals surface area contributed by atoms with Crippen LogP contribution in [0, 0.1) is 0 Å². The second-order valence-corrected chi connectivity index (χ2v) is 5.57. The van der Waals surface area contributed by atoms with Crippen molar-refractivity contribution in [1.29, 1.82) is 0 Å². The minimum Gasteiger partial charge on any atom is -0.494 e. The number of hydrogen-bond donors (Lipinski definition) is 1. The number of ether oxygens (including phenoxy) is 1. The van der Waals surface area contributed by atoms with Crippen LogP contribution in [0.15, 0.2) is 24.3 Å². The largest absolute Gasteiger partial charge is 0.494 e. The van der Waals surface area contributed by atoms with E-state index in [4.69, 9.17) is 9.84 Å². The van der Waals surface area contributed by atoms with E-state index in [2.05, 4.69) is 6.92 Å². The zero-order valence-corrected chi connectivity index (χ0v) is 13.0. The number of carbonyl (C=O) groups is 2. The molecule has 0 bridgehead atoms. The van der Waals surface area contributed by atoms with Gasteiger partial charge >= 0.3 is 5.97 Å². The summed E-state index contributed by atoms with van der Waals surface area (Å²) < 4.78 is 5.61. The first-order valence-corrected chi connectivity index (χ1v) is 7.90. The molecule has 22 heavy (non-hydrogen) atoms. The van der Waals surface area contributed by atoms with Gasteiger partial charge in [-0.3, -0.25) is 4.79 Å². The lowest BCUT2D eigenvalue weighted by Crippen LogP contribution is -2.40. The van der Waals surface area contributed by atoms with E-state index >= 15 is 0 Å². The number of carbonyl (C=O) groups excluding carboxylic acids is 1. The van der Waals surface area contributed by atoms with E-state index < -0.39 is 12.0 Å². The molecule has 1 N–H and O–H groups in total. The van der Waals surface area contributed by atoms with Crippen LogP contribution in [0.4, 0.5) is 0 Å². The Morgan fingerprint density at radius 2 is 2.00 bits per heavy atom. The monoisotopic (exact) mass is 305 g/mol. The van der Waals surface area contributed by atoms with E-state index in [1.807, 2.05) is 0 Å². The molecular weight excluding hydrogens is 282 g/mol. The third-order valence-electron chi connectivity index (χ3n) is 3.92. The first-order chi connectivity index (χ1) is 10.6. The summed E-state index contributed by atoms with van der Waals surface area (Å²) in [6.45, 7) is 3.32. The van der Waals surface area contributed by atoms with E-state index in [0.717, 1.165) is 31.4 Å². The second-order valence-electron chi connectivity index (χ2n) is 5.57. The van der Waals surface area contributed by atoms with Gasteiger partial charge in [0.1, 0.15) is 11.8 Å². The minimum atomic E-state index is -0.929. The predicted octanol–water partition coefficient (Wildman–Crippen LogP) is 2.94. The maximum atomic E-state index is 12.4. The number of hydrogen-bond acceptors (Lipinski definition) is 3. The van der Waals surface area contributed by atoms with Gasteiger partial charge in [-0.2, -0.15) is 0 Å². The van der Waals surface area contributed by atoms with E-state index in [1.54, 1.807) is 24.3 Å². The van der Waals surface area contributed by atoms with Crippen LogP contribution in [0.3, 0.4) is 0 Å². The van der Waals surface area contributed by atoms with Gasteiger partial charge in [0.05, 0.1) is 6.61 Å². The van der Waals surface area contributed by atoms with E-state index in [0.29, 0.717) is 25.1 Å². The molecule has 1 amide bonds. The van der Waals surface area contributed by atoms with Crippen LogP contribution in [-0.2, 0) is 4.79 Å². The molecule has 1 fully saturated rings. The molecule has 1 saturated heterocycles. The Kier molecular flexibility index (Phi) is 5.81. The van der Waals surface area contributed by atoms with Crippen molar-refractivity contribution in [2.24, 2.45) is 0 Å². The van der Waals surface area contributed by atoms with Crippen LogP contribution >= 0.6 is 0 Å². The molecule has 0 radical (unpaired) electrons. The lowest BCUT2D eigenvalue weighted by Gasteiger charge is -2.21. The fourth-order valence-electron chi connectivity index (χ4n) is 2.67. The fraction of sp³-hybridized carbons (Fsp3) is 0.529. The number of nitrogens with zero attached hydrogens (tertiary/aromatic N) is 1. The molecule has 0 spiro atoms. The Hall–Kier alpha value is -2.04. The molecule has 1 heterocycles. The molecule has 5 nitrogen and oxygen atoms in total. The van der Waals surface area contributed by atoms with Crippen molar-refractivity contribution < 1.29 is 19.4 Å². The van der Waals surface area contributed by atoms with Gasteiger partial charge in [-0.1, -0.05) is 19.8 Å². The molecular formula is C17H23NO4. The summed E-state index contributed by atoms with van der Waals surface area (Å²) in [5.74, 6) is -0.409. The van der Waals surface area contributed by atoms with Gasteiger partial charge in [0, 0.05) is 12.1 Å². The van der Waals surface area contributed by atoms with Crippen LogP contribution in [0.2, 0.25) is 0 Å². The summed E-state index contributed by atoms with van der Waals surface area (Å²) in [5.41, 5.74) is 0.508. The fourth-order valence-corrected chi connectivity index (χ4v) is 2.67. The lowest BCUT2D eigenvalue weighted by atomic mass is 10.1. The number of unbranched alkanes of at least 4 members (excludes halogenated alkanes) is 2. The van der Waals surface area contributed by atoms with E-state index in [9.17, 15) is 9.59 Å². The molecule has 1 aliphatic heterocycles. The Morgan fingerprint density at radius 3 is 2.64 bits per heavy atom. The topological polar surface area (TPSA) is 66.8 Å². The van der Waals surface area contributed by atoms with Crippen molar-refractivity contribution in [2.75, 3.05) is 13.2 Å². The van der Waals surface area contributed by atoms with Crippen LogP contribution in [-0.4, -0.2) is 41.1 Å². The van der Waals surface area contributed by atoms with Crippen molar-refractivity contribution in [3.8, 4) is 5.75 Å². The molecule has 1 aromatic rings. The van der Waals surface area contributed by atoms with E-state index in [1.165, 1.54) is 4.90 Å². The normalized spacial score (nSPS) is 17.5. The molecule has 5 heteroatoms. The zero-order chi connectivity index (χ0) is 15.9. The lowest BCUT2D eigenvalue weighted by molar-refractivity contribution is -0.141. The van der Waals surface area contributed by atoms with Crippen LogP contribution in [0.5, 0.6) is 5.75 Å². The van der Waals surface area contributed by atoms with Crippen molar-refractivity contribution in [1.82, 2.24) is 4.90 Å². The highest BCUT2D eigenvalue weighted by molar-refractivity contribution is 5.97. The Bertz CT molecular complexity index is 512. The van der Waals surface area contributed by atoms with Crippen LogP contribution in [0.25, 0.3) is 0 Å². The summed E-state index contributed by atoms with van der Waals surface area (Å²) in [4.78, 5) is 25.0. The number of benzene rings is 1. The van der Waals surface area contributed by atoms with Gasteiger partial charge < -0.3 is 14.7 Å². The van der Waals surface area contributed by atoms with Crippen LogP contribution < -0.4 is 4.74 Å². The highest BCUT2D eigenvalue weighted by Crippen LogP contribution is 2.21. The van der Waals surface area contributed by atoms with Crippen molar-refractivity contribution in [3.05, 3.63) is 29.8 Å². The Morgan fingerprint density at radius 1 is 1.27 bits per heavy atom. The van der Waals surface area contributed by atoms with Gasteiger partial charge in [-0.05, 0) is 43.5 Å². The summed E-state index contributed by atoms with van der Waals surface area (Å²) >= 11 is 0. The molecule has 1 aromatic carbocycles. The molecule has 2 rings (SSSR count). The Labute approximate surface area is 130 Å². The highest BCUT2D eigenvalue weighted by atomic mass is 16.5. The standard InChI is InChI=1S/C17H23NO4/c1-2-3-4-12-22-14-9-7-13(8-10-14)16(19)18-11-5-6-15(18)17(20)21/h7-10,15H,2-6,11-12H2,1H3,(H,20,21). The number of carboxylic acids is 1. The SMILES string of the molecule is CCCCCOc1ccc(C(=O)N2CCCC2C(=O)O)cc1. The van der Waals surface area contributed by atoms with Crippen molar-refractivity contribution in [2.45, 2.75) is 45.1 Å². The Balaban J connectivity index is 1.95. The van der Waals surface area contributed by atoms with E-state index in [-0.39, 0.29) is 5.91 Å². The number of aliphatic carboxylic acids is 1. The summed E-state index contributed by atoms with van der Waals surface area (Å²) in [6.07, 6.45) is 4.58. The highest BCUT2D eigenvalue weighted by Gasteiger charge is 2.34. The first-order valence-electron chi connectivity index (χ1n) is 7.90. The number of amides is 1. The minimum absolute atomic E-state index is 0.220. The van der Waals surface area contributed by atoms with Crippen molar-refractivity contribution >= 4 is 11.9 Å². The number of carboxylic acid groups (broad SMARTS) is 1.